The summed E-state index contributed by atoms with van der Waals surface area (Å²) >= 11 is 8.08. The topological polar surface area (TPSA) is 35.2 Å². The molecule has 1 aliphatic rings. The highest BCUT2D eigenvalue weighted by Crippen LogP contribution is 2.48. The summed E-state index contributed by atoms with van der Waals surface area (Å²) in [4.78, 5) is 2.65. The summed E-state index contributed by atoms with van der Waals surface area (Å²) in [5.74, 6) is 1.25. The van der Waals surface area contributed by atoms with Crippen molar-refractivity contribution in [3.63, 3.8) is 0 Å². The largest absolute Gasteiger partial charge is 0.489 e. The van der Waals surface area contributed by atoms with E-state index in [2.05, 4.69) is 42.5 Å². The van der Waals surface area contributed by atoms with E-state index in [-0.39, 0.29) is 0 Å². The molecule has 0 spiro atoms. The van der Waals surface area contributed by atoms with Gasteiger partial charge in [-0.15, -0.1) is 0 Å². The van der Waals surface area contributed by atoms with Crippen LogP contribution in [0.1, 0.15) is 35.4 Å². The predicted octanol–water partition coefficient (Wildman–Crippen LogP) is 6.25. The van der Waals surface area contributed by atoms with Crippen molar-refractivity contribution in [1.29, 1.82) is 0 Å². The van der Waals surface area contributed by atoms with Crippen molar-refractivity contribution < 1.29 is 4.74 Å². The van der Waals surface area contributed by atoms with Crippen molar-refractivity contribution in [1.82, 2.24) is 0 Å². The molecule has 0 aliphatic carbocycles. The summed E-state index contributed by atoms with van der Waals surface area (Å²) in [7, 11) is 0. The molecule has 1 unspecified atom stereocenters. The molecule has 4 rings (SSSR count). The fourth-order valence-corrected chi connectivity index (χ4v) is 4.90. The number of hydrogen-bond donors (Lipinski definition) is 1. The molecule has 3 aromatic carbocycles. The van der Waals surface area contributed by atoms with Gasteiger partial charge in [0.25, 0.3) is 0 Å². The molecule has 0 fully saturated rings. The standard InChI is InChI=1S/C23H22ClNOS/c24-21-9-3-1-6-16(21)15-26-17-11-12-23-20(14-17)18(8-5-13-25)19-7-2-4-10-22(19)27-23/h1-4,6-7,9-12,14,18H,5,8,13,15,25H2. The monoisotopic (exact) mass is 395 g/mol. The average Bonchev–Trinajstić information content (AvgIpc) is 2.70. The van der Waals surface area contributed by atoms with Gasteiger partial charge in [-0.1, -0.05) is 59.8 Å². The molecule has 1 atom stereocenters. The number of fused-ring (bicyclic) bond motifs is 2. The lowest BCUT2D eigenvalue weighted by Crippen LogP contribution is -2.11. The van der Waals surface area contributed by atoms with Gasteiger partial charge < -0.3 is 10.5 Å². The molecule has 138 valence electrons. The van der Waals surface area contributed by atoms with E-state index in [1.807, 2.05) is 36.0 Å². The zero-order valence-electron chi connectivity index (χ0n) is 15.0. The summed E-state index contributed by atoms with van der Waals surface area (Å²) in [5.41, 5.74) is 9.53. The van der Waals surface area contributed by atoms with Crippen LogP contribution in [0.15, 0.2) is 76.5 Å². The number of halogens is 1. The molecular weight excluding hydrogens is 374 g/mol. The van der Waals surface area contributed by atoms with Crippen LogP contribution >= 0.6 is 23.4 Å². The van der Waals surface area contributed by atoms with Gasteiger partial charge in [0.15, 0.2) is 0 Å². The third-order valence-electron chi connectivity index (χ3n) is 4.92. The minimum Gasteiger partial charge on any atom is -0.489 e. The number of rotatable bonds is 6. The Morgan fingerprint density at radius 3 is 2.56 bits per heavy atom. The van der Waals surface area contributed by atoms with Crippen molar-refractivity contribution >= 4 is 23.4 Å². The fraction of sp³-hybridized carbons (Fsp3) is 0.217. The third-order valence-corrected chi connectivity index (χ3v) is 6.47. The Labute approximate surface area is 169 Å². The normalized spacial score (nSPS) is 15.1. The first kappa shape index (κ1) is 18.4. The van der Waals surface area contributed by atoms with Crippen LogP contribution in [0.3, 0.4) is 0 Å². The molecule has 4 heteroatoms. The highest BCUT2D eigenvalue weighted by molar-refractivity contribution is 7.99. The van der Waals surface area contributed by atoms with Crippen LogP contribution in [0.2, 0.25) is 5.02 Å². The molecule has 3 aromatic rings. The Bertz CT molecular complexity index is 943. The molecule has 0 bridgehead atoms. The maximum absolute atomic E-state index is 6.25. The van der Waals surface area contributed by atoms with Crippen LogP contribution in [0, 0.1) is 0 Å². The molecule has 27 heavy (non-hydrogen) atoms. The van der Waals surface area contributed by atoms with Crippen LogP contribution in [0.5, 0.6) is 5.75 Å². The Balaban J connectivity index is 1.61. The molecular formula is C23H22ClNOS. The zero-order valence-corrected chi connectivity index (χ0v) is 16.6. The highest BCUT2D eigenvalue weighted by atomic mass is 35.5. The summed E-state index contributed by atoms with van der Waals surface area (Å²) in [6, 6.07) is 22.9. The van der Waals surface area contributed by atoms with E-state index in [0.717, 1.165) is 29.2 Å². The lowest BCUT2D eigenvalue weighted by molar-refractivity contribution is 0.305. The van der Waals surface area contributed by atoms with Gasteiger partial charge in [-0.3, -0.25) is 0 Å². The van der Waals surface area contributed by atoms with Gasteiger partial charge in [0.1, 0.15) is 12.4 Å². The van der Waals surface area contributed by atoms with Crippen molar-refractivity contribution in [3.8, 4) is 5.75 Å². The first-order chi connectivity index (χ1) is 13.3. The summed E-state index contributed by atoms with van der Waals surface area (Å²) in [5, 5.41) is 0.737. The van der Waals surface area contributed by atoms with Gasteiger partial charge in [0.2, 0.25) is 0 Å². The zero-order chi connectivity index (χ0) is 18.6. The second kappa shape index (κ2) is 8.39. The van der Waals surface area contributed by atoms with Gasteiger partial charge in [-0.2, -0.15) is 0 Å². The SMILES string of the molecule is NCCCC1c2ccccc2Sc2ccc(OCc3ccccc3Cl)cc21. The van der Waals surface area contributed by atoms with E-state index in [1.54, 1.807) is 0 Å². The van der Waals surface area contributed by atoms with E-state index < -0.39 is 0 Å². The molecule has 2 nitrogen and oxygen atoms in total. The second-order valence-electron chi connectivity index (χ2n) is 6.70. The van der Waals surface area contributed by atoms with E-state index >= 15 is 0 Å². The highest BCUT2D eigenvalue weighted by Gasteiger charge is 2.26. The number of benzene rings is 3. The van der Waals surface area contributed by atoms with Crippen LogP contribution < -0.4 is 10.5 Å². The van der Waals surface area contributed by atoms with E-state index in [4.69, 9.17) is 22.1 Å². The minimum atomic E-state index is 0.366. The fourth-order valence-electron chi connectivity index (χ4n) is 3.54. The molecule has 1 aliphatic heterocycles. The van der Waals surface area contributed by atoms with Crippen LogP contribution in [-0.2, 0) is 6.61 Å². The maximum atomic E-state index is 6.25. The van der Waals surface area contributed by atoms with Gasteiger partial charge in [-0.25, -0.2) is 0 Å². The van der Waals surface area contributed by atoms with Gasteiger partial charge in [0, 0.05) is 26.3 Å². The summed E-state index contributed by atoms with van der Waals surface area (Å²) in [6.45, 7) is 1.18. The molecule has 0 amide bonds. The second-order valence-corrected chi connectivity index (χ2v) is 8.19. The number of nitrogens with two attached hydrogens (primary N) is 1. The summed E-state index contributed by atoms with van der Waals surface area (Å²) < 4.78 is 6.06. The van der Waals surface area contributed by atoms with Crippen molar-refractivity contribution in [3.05, 3.63) is 88.4 Å². The molecule has 0 saturated heterocycles. The minimum absolute atomic E-state index is 0.366. The van der Waals surface area contributed by atoms with Gasteiger partial charge in [-0.05, 0) is 60.8 Å². The first-order valence-corrected chi connectivity index (χ1v) is 10.4. The molecule has 0 aromatic heterocycles. The predicted molar refractivity (Wildman–Crippen MR) is 113 cm³/mol. The molecule has 0 saturated carbocycles. The molecule has 2 N–H and O–H groups in total. The Kier molecular flexibility index (Phi) is 5.72. The van der Waals surface area contributed by atoms with Gasteiger partial charge in [0.05, 0.1) is 0 Å². The van der Waals surface area contributed by atoms with Crippen LogP contribution in [-0.4, -0.2) is 6.54 Å². The Morgan fingerprint density at radius 2 is 1.70 bits per heavy atom. The Hall–Kier alpha value is -1.94. The maximum Gasteiger partial charge on any atom is 0.120 e. The smallest absolute Gasteiger partial charge is 0.120 e. The quantitative estimate of drug-likeness (QED) is 0.535. The van der Waals surface area contributed by atoms with E-state index in [0.29, 0.717) is 19.1 Å². The van der Waals surface area contributed by atoms with Crippen molar-refractivity contribution in [2.75, 3.05) is 6.54 Å². The van der Waals surface area contributed by atoms with E-state index in [1.165, 1.54) is 20.9 Å². The number of hydrogen-bond acceptors (Lipinski definition) is 3. The molecule has 0 radical (unpaired) electrons. The molecule has 1 heterocycles. The lowest BCUT2D eigenvalue weighted by atomic mass is 9.87. The average molecular weight is 396 g/mol. The number of ether oxygens (including phenoxy) is 1. The first-order valence-electron chi connectivity index (χ1n) is 9.23. The summed E-state index contributed by atoms with van der Waals surface area (Å²) in [6.07, 6.45) is 2.06. The lowest BCUT2D eigenvalue weighted by Gasteiger charge is -2.28. The van der Waals surface area contributed by atoms with E-state index in [9.17, 15) is 0 Å². The van der Waals surface area contributed by atoms with Crippen LogP contribution in [0.4, 0.5) is 0 Å². The van der Waals surface area contributed by atoms with Crippen molar-refractivity contribution in [2.45, 2.75) is 35.2 Å². The Morgan fingerprint density at radius 1 is 0.926 bits per heavy atom. The van der Waals surface area contributed by atoms with Crippen molar-refractivity contribution in [2.24, 2.45) is 5.73 Å². The van der Waals surface area contributed by atoms with Crippen LogP contribution in [0.25, 0.3) is 0 Å². The van der Waals surface area contributed by atoms with Gasteiger partial charge >= 0.3 is 0 Å². The third kappa shape index (κ3) is 4.01.